The quantitative estimate of drug-likeness (QED) is 0.783. The van der Waals surface area contributed by atoms with E-state index in [0.29, 0.717) is 12.5 Å². The zero-order valence-corrected chi connectivity index (χ0v) is 9.60. The first-order valence-electron chi connectivity index (χ1n) is 4.40. The van der Waals surface area contributed by atoms with Crippen LogP contribution in [-0.4, -0.2) is 6.61 Å². The molecule has 1 aromatic carbocycles. The fourth-order valence-corrected chi connectivity index (χ4v) is 1.45. The van der Waals surface area contributed by atoms with E-state index in [4.69, 9.17) is 4.74 Å². The minimum absolute atomic E-state index is 0.298. The first kappa shape index (κ1) is 10.6. The van der Waals surface area contributed by atoms with Crippen LogP contribution in [0.3, 0.4) is 0 Å². The molecule has 0 aliphatic carbocycles. The second-order valence-corrected chi connectivity index (χ2v) is 3.88. The van der Waals surface area contributed by atoms with Gasteiger partial charge in [-0.2, -0.15) is 0 Å². The molecule has 0 aromatic heterocycles. The second kappa shape index (κ2) is 4.66. The fourth-order valence-electron chi connectivity index (χ4n) is 1.09. The molecule has 1 radical (unpaired) electrons. The summed E-state index contributed by atoms with van der Waals surface area (Å²) in [6.07, 6.45) is 0. The summed E-state index contributed by atoms with van der Waals surface area (Å²) < 4.78 is 6.45. The summed E-state index contributed by atoms with van der Waals surface area (Å²) in [7, 11) is 0. The van der Waals surface area contributed by atoms with E-state index in [-0.39, 0.29) is 0 Å². The second-order valence-electron chi connectivity index (χ2n) is 3.02. The maximum atomic E-state index is 5.45. The highest BCUT2D eigenvalue weighted by molar-refractivity contribution is 9.10. The molecule has 0 bridgehead atoms. The topological polar surface area (TPSA) is 9.23 Å². The number of rotatable bonds is 3. The Morgan fingerprint density at radius 3 is 2.77 bits per heavy atom. The first-order chi connectivity index (χ1) is 6.15. The number of halogens is 1. The smallest absolute Gasteiger partial charge is 0.133 e. The van der Waals surface area contributed by atoms with Crippen molar-refractivity contribution in [3.63, 3.8) is 0 Å². The van der Waals surface area contributed by atoms with Crippen molar-refractivity contribution in [2.24, 2.45) is 0 Å². The van der Waals surface area contributed by atoms with Gasteiger partial charge in [0.2, 0.25) is 0 Å². The zero-order valence-electron chi connectivity index (χ0n) is 8.01. The highest BCUT2D eigenvalue weighted by Gasteiger charge is 2.04. The van der Waals surface area contributed by atoms with Crippen LogP contribution >= 0.6 is 15.9 Å². The van der Waals surface area contributed by atoms with Gasteiger partial charge in [-0.05, 0) is 53.4 Å². The third kappa shape index (κ3) is 2.73. The summed E-state index contributed by atoms with van der Waals surface area (Å²) in [4.78, 5) is 0. The van der Waals surface area contributed by atoms with Gasteiger partial charge in [0.25, 0.3) is 0 Å². The molecule has 0 N–H and O–H groups in total. The van der Waals surface area contributed by atoms with Crippen molar-refractivity contribution < 1.29 is 4.74 Å². The number of ether oxygens (including phenoxy) is 1. The van der Waals surface area contributed by atoms with Crippen molar-refractivity contribution in [1.29, 1.82) is 0 Å². The van der Waals surface area contributed by atoms with Crippen molar-refractivity contribution >= 4 is 15.9 Å². The Kier molecular flexibility index (Phi) is 3.79. The van der Waals surface area contributed by atoms with Crippen LogP contribution in [-0.2, 0) is 0 Å². The van der Waals surface area contributed by atoms with Crippen molar-refractivity contribution in [2.75, 3.05) is 6.61 Å². The zero-order chi connectivity index (χ0) is 9.84. The third-order valence-corrected chi connectivity index (χ3v) is 2.48. The Labute approximate surface area is 88.2 Å². The summed E-state index contributed by atoms with van der Waals surface area (Å²) >= 11 is 3.44. The van der Waals surface area contributed by atoms with E-state index in [1.165, 1.54) is 5.56 Å². The highest BCUT2D eigenvalue weighted by atomic mass is 79.9. The Morgan fingerprint density at radius 1 is 1.54 bits per heavy atom. The molecule has 13 heavy (non-hydrogen) atoms. The molecule has 2 heteroatoms. The molecule has 0 saturated carbocycles. The van der Waals surface area contributed by atoms with Crippen molar-refractivity contribution in [1.82, 2.24) is 0 Å². The first-order valence-corrected chi connectivity index (χ1v) is 5.19. The maximum Gasteiger partial charge on any atom is 0.133 e. The van der Waals surface area contributed by atoms with Crippen LogP contribution in [0.5, 0.6) is 5.75 Å². The fraction of sp³-hybridized carbons (Fsp3) is 0.364. The molecule has 71 valence electrons. The summed E-state index contributed by atoms with van der Waals surface area (Å²) in [5, 5.41) is 0. The van der Waals surface area contributed by atoms with E-state index in [0.717, 1.165) is 10.2 Å². The molecule has 1 nitrogen and oxygen atoms in total. The van der Waals surface area contributed by atoms with Crippen LogP contribution < -0.4 is 4.74 Å². The molecule has 0 fully saturated rings. The van der Waals surface area contributed by atoms with Crippen LogP contribution in [0.4, 0.5) is 0 Å². The SMILES string of the molecule is [CH2]C(C)c1ccc(Br)c(OCC)c1. The normalized spacial score (nSPS) is 10.5. The van der Waals surface area contributed by atoms with E-state index < -0.39 is 0 Å². The lowest BCUT2D eigenvalue weighted by atomic mass is 10.0. The monoisotopic (exact) mass is 241 g/mol. The van der Waals surface area contributed by atoms with Gasteiger partial charge in [-0.3, -0.25) is 0 Å². The molecular formula is C11H14BrO. The van der Waals surface area contributed by atoms with Gasteiger partial charge >= 0.3 is 0 Å². The van der Waals surface area contributed by atoms with Crippen molar-refractivity contribution in [3.05, 3.63) is 35.2 Å². The summed E-state index contributed by atoms with van der Waals surface area (Å²) in [6.45, 7) is 8.70. The molecule has 0 saturated heterocycles. The van der Waals surface area contributed by atoms with Crippen molar-refractivity contribution in [2.45, 2.75) is 19.8 Å². The number of hydrogen-bond donors (Lipinski definition) is 0. The lowest BCUT2D eigenvalue weighted by molar-refractivity contribution is 0.337. The lowest BCUT2D eigenvalue weighted by Gasteiger charge is -2.10. The molecule has 1 atom stereocenters. The van der Waals surface area contributed by atoms with Gasteiger partial charge in [-0.15, -0.1) is 0 Å². The standard InChI is InChI=1S/C11H14BrO/c1-4-13-11-7-9(8(2)3)5-6-10(11)12/h5-8H,2,4H2,1,3H3. The van der Waals surface area contributed by atoms with E-state index in [2.05, 4.69) is 35.8 Å². The summed E-state index contributed by atoms with van der Waals surface area (Å²) in [5.74, 6) is 1.20. The van der Waals surface area contributed by atoms with E-state index >= 15 is 0 Å². The van der Waals surface area contributed by atoms with Crippen LogP contribution in [0.2, 0.25) is 0 Å². The van der Waals surface area contributed by atoms with Gasteiger partial charge in [0.1, 0.15) is 5.75 Å². The van der Waals surface area contributed by atoms with Crippen LogP contribution in [0.25, 0.3) is 0 Å². The van der Waals surface area contributed by atoms with Gasteiger partial charge in [-0.1, -0.05) is 13.0 Å². The maximum absolute atomic E-state index is 5.45. The van der Waals surface area contributed by atoms with Gasteiger partial charge in [0.15, 0.2) is 0 Å². The van der Waals surface area contributed by atoms with Gasteiger partial charge in [0, 0.05) is 0 Å². The van der Waals surface area contributed by atoms with Gasteiger partial charge in [-0.25, -0.2) is 0 Å². The Hall–Kier alpha value is -0.500. The average molecular weight is 242 g/mol. The van der Waals surface area contributed by atoms with Crippen LogP contribution in [0, 0.1) is 6.92 Å². The van der Waals surface area contributed by atoms with Crippen molar-refractivity contribution in [3.8, 4) is 5.75 Å². The third-order valence-electron chi connectivity index (χ3n) is 1.82. The predicted molar refractivity (Wildman–Crippen MR) is 59.1 cm³/mol. The summed E-state index contributed by atoms with van der Waals surface area (Å²) in [6, 6.07) is 6.09. The minimum atomic E-state index is 0.298. The molecule has 0 spiro atoms. The van der Waals surface area contributed by atoms with E-state index in [9.17, 15) is 0 Å². The van der Waals surface area contributed by atoms with E-state index in [1.54, 1.807) is 0 Å². The Morgan fingerprint density at radius 2 is 2.23 bits per heavy atom. The molecule has 1 unspecified atom stereocenters. The number of benzene rings is 1. The molecule has 0 aliphatic heterocycles. The largest absolute Gasteiger partial charge is 0.493 e. The van der Waals surface area contributed by atoms with Gasteiger partial charge < -0.3 is 4.74 Å². The minimum Gasteiger partial charge on any atom is -0.493 e. The molecule has 0 amide bonds. The Bertz CT molecular complexity index is 281. The number of hydrogen-bond acceptors (Lipinski definition) is 1. The summed E-state index contributed by atoms with van der Waals surface area (Å²) in [5.41, 5.74) is 1.20. The van der Waals surface area contributed by atoms with Crippen LogP contribution in [0.1, 0.15) is 25.3 Å². The predicted octanol–water partition coefficient (Wildman–Crippen LogP) is 3.79. The molecule has 0 heterocycles. The van der Waals surface area contributed by atoms with Crippen LogP contribution in [0.15, 0.2) is 22.7 Å². The highest BCUT2D eigenvalue weighted by Crippen LogP contribution is 2.28. The average Bonchev–Trinajstić information content (AvgIpc) is 2.08. The van der Waals surface area contributed by atoms with Gasteiger partial charge in [0.05, 0.1) is 11.1 Å². The molecule has 1 rings (SSSR count). The Balaban J connectivity index is 2.97. The molecular weight excluding hydrogens is 228 g/mol. The van der Waals surface area contributed by atoms with E-state index in [1.807, 2.05) is 19.1 Å². The lowest BCUT2D eigenvalue weighted by Crippen LogP contribution is -1.95. The molecule has 0 aliphatic rings. The molecule has 1 aromatic rings.